The summed E-state index contributed by atoms with van der Waals surface area (Å²) >= 11 is 11.6. The first-order valence-electron chi connectivity index (χ1n) is 4.18. The number of nitro benzene ring substituents is 1. The SMILES string of the molecule is NC(N)=NN=Cc1c(Cl)ccc([N+](=O)[O-])c1Cl. The number of benzene rings is 1. The second-order valence-corrected chi connectivity index (χ2v) is 3.61. The molecule has 1 aromatic rings. The third kappa shape index (κ3) is 3.30. The van der Waals surface area contributed by atoms with Crippen molar-refractivity contribution in [2.24, 2.45) is 21.7 Å². The minimum absolute atomic E-state index is 0.128. The number of hydrogen-bond acceptors (Lipinski definition) is 4. The van der Waals surface area contributed by atoms with Crippen LogP contribution in [-0.2, 0) is 0 Å². The first-order valence-corrected chi connectivity index (χ1v) is 4.93. The Bertz CT molecular complexity index is 511. The number of halogens is 2. The smallest absolute Gasteiger partial charge is 0.288 e. The fourth-order valence-electron chi connectivity index (χ4n) is 0.970. The molecule has 7 nitrogen and oxygen atoms in total. The summed E-state index contributed by atoms with van der Waals surface area (Å²) in [5.74, 6) is -0.251. The highest BCUT2D eigenvalue weighted by Crippen LogP contribution is 2.31. The molecule has 1 rings (SSSR count). The zero-order valence-corrected chi connectivity index (χ0v) is 9.81. The van der Waals surface area contributed by atoms with Gasteiger partial charge in [-0.3, -0.25) is 10.1 Å². The lowest BCUT2D eigenvalue weighted by molar-refractivity contribution is -0.384. The Balaban J connectivity index is 3.23. The Morgan fingerprint density at radius 3 is 2.59 bits per heavy atom. The number of guanidine groups is 1. The fourth-order valence-corrected chi connectivity index (χ4v) is 1.51. The molecule has 90 valence electrons. The van der Waals surface area contributed by atoms with Crippen molar-refractivity contribution in [1.82, 2.24) is 0 Å². The van der Waals surface area contributed by atoms with Crippen LogP contribution in [0.3, 0.4) is 0 Å². The molecule has 0 aliphatic carbocycles. The Labute approximate surface area is 106 Å². The van der Waals surface area contributed by atoms with E-state index in [0.29, 0.717) is 0 Å². The number of nitro groups is 1. The number of hydrogen-bond donors (Lipinski definition) is 2. The topological polar surface area (TPSA) is 120 Å². The van der Waals surface area contributed by atoms with Crippen molar-refractivity contribution in [3.8, 4) is 0 Å². The van der Waals surface area contributed by atoms with Crippen LogP contribution in [-0.4, -0.2) is 17.1 Å². The van der Waals surface area contributed by atoms with Crippen molar-refractivity contribution in [3.63, 3.8) is 0 Å². The second-order valence-electron chi connectivity index (χ2n) is 2.82. The van der Waals surface area contributed by atoms with Crippen molar-refractivity contribution in [2.75, 3.05) is 0 Å². The van der Waals surface area contributed by atoms with Crippen LogP contribution in [0.2, 0.25) is 10.0 Å². The van der Waals surface area contributed by atoms with Crippen LogP contribution in [0, 0.1) is 10.1 Å². The van der Waals surface area contributed by atoms with Gasteiger partial charge in [0.05, 0.1) is 16.2 Å². The van der Waals surface area contributed by atoms with Crippen molar-refractivity contribution in [3.05, 3.63) is 37.9 Å². The average molecular weight is 276 g/mol. The summed E-state index contributed by atoms with van der Waals surface area (Å²) < 4.78 is 0. The fraction of sp³-hybridized carbons (Fsp3) is 0. The molecule has 0 unspecified atom stereocenters. The van der Waals surface area contributed by atoms with Crippen LogP contribution < -0.4 is 11.5 Å². The molecule has 17 heavy (non-hydrogen) atoms. The first-order chi connectivity index (χ1) is 7.93. The van der Waals surface area contributed by atoms with Gasteiger partial charge in [-0.25, -0.2) is 0 Å². The molecule has 0 aliphatic heterocycles. The molecule has 0 heterocycles. The van der Waals surface area contributed by atoms with Crippen molar-refractivity contribution in [1.29, 1.82) is 0 Å². The molecule has 0 saturated heterocycles. The van der Waals surface area contributed by atoms with Gasteiger partial charge in [-0.1, -0.05) is 23.2 Å². The van der Waals surface area contributed by atoms with Crippen LogP contribution in [0.4, 0.5) is 5.69 Å². The lowest BCUT2D eigenvalue weighted by Gasteiger charge is -2.01. The van der Waals surface area contributed by atoms with Gasteiger partial charge >= 0.3 is 0 Å². The summed E-state index contributed by atoms with van der Waals surface area (Å²) in [5, 5.41) is 17.5. The molecular formula is C8H7Cl2N5O2. The molecule has 0 aromatic heterocycles. The van der Waals surface area contributed by atoms with E-state index >= 15 is 0 Å². The van der Waals surface area contributed by atoms with Crippen molar-refractivity contribution < 1.29 is 4.92 Å². The zero-order chi connectivity index (χ0) is 13.0. The molecule has 0 fully saturated rings. The summed E-state index contributed by atoms with van der Waals surface area (Å²) in [6.45, 7) is 0. The van der Waals surface area contributed by atoms with E-state index in [1.807, 2.05) is 0 Å². The molecule has 0 spiro atoms. The molecule has 1 aromatic carbocycles. The number of nitrogens with zero attached hydrogens (tertiary/aromatic N) is 3. The summed E-state index contributed by atoms with van der Waals surface area (Å²) in [6.07, 6.45) is 1.14. The van der Waals surface area contributed by atoms with E-state index in [-0.39, 0.29) is 27.3 Å². The van der Waals surface area contributed by atoms with Crippen LogP contribution in [0.1, 0.15) is 5.56 Å². The van der Waals surface area contributed by atoms with Crippen LogP contribution in [0.25, 0.3) is 0 Å². The van der Waals surface area contributed by atoms with E-state index < -0.39 is 4.92 Å². The summed E-state index contributed by atoms with van der Waals surface area (Å²) in [4.78, 5) is 10.0. The van der Waals surface area contributed by atoms with E-state index in [1.165, 1.54) is 12.1 Å². The van der Waals surface area contributed by atoms with Crippen molar-refractivity contribution >= 4 is 41.1 Å². The minimum Gasteiger partial charge on any atom is -0.369 e. The van der Waals surface area contributed by atoms with Gasteiger partial charge in [-0.15, -0.1) is 5.10 Å². The number of nitrogens with two attached hydrogens (primary N) is 2. The van der Waals surface area contributed by atoms with Gasteiger partial charge in [0, 0.05) is 11.6 Å². The Kier molecular flexibility index (Phi) is 4.24. The van der Waals surface area contributed by atoms with Crippen molar-refractivity contribution in [2.45, 2.75) is 0 Å². The molecule has 4 N–H and O–H groups in total. The van der Waals surface area contributed by atoms with Crippen LogP contribution in [0.5, 0.6) is 0 Å². The number of rotatable bonds is 3. The molecule has 0 saturated carbocycles. The van der Waals surface area contributed by atoms with E-state index in [2.05, 4.69) is 10.2 Å². The molecule has 0 radical (unpaired) electrons. The zero-order valence-electron chi connectivity index (χ0n) is 8.30. The third-order valence-electron chi connectivity index (χ3n) is 1.66. The lowest BCUT2D eigenvalue weighted by Crippen LogP contribution is -2.21. The Hall–Kier alpha value is -1.86. The third-order valence-corrected chi connectivity index (χ3v) is 2.39. The Morgan fingerprint density at radius 2 is 2.06 bits per heavy atom. The van der Waals surface area contributed by atoms with E-state index in [9.17, 15) is 10.1 Å². The van der Waals surface area contributed by atoms with Crippen LogP contribution in [0.15, 0.2) is 22.3 Å². The van der Waals surface area contributed by atoms with E-state index in [4.69, 9.17) is 34.7 Å². The summed E-state index contributed by atoms with van der Waals surface area (Å²) in [6, 6.07) is 2.53. The monoisotopic (exact) mass is 275 g/mol. The highest BCUT2D eigenvalue weighted by atomic mass is 35.5. The van der Waals surface area contributed by atoms with E-state index in [0.717, 1.165) is 6.21 Å². The predicted octanol–water partition coefficient (Wildman–Crippen LogP) is 1.51. The maximum atomic E-state index is 10.6. The molecule has 0 aliphatic rings. The van der Waals surface area contributed by atoms with Crippen LogP contribution >= 0.6 is 23.2 Å². The summed E-state index contributed by atoms with van der Waals surface area (Å²) in [7, 11) is 0. The molecule has 0 amide bonds. The normalized spacial score (nSPS) is 10.5. The standard InChI is InChI=1S/C8H7Cl2N5O2/c9-5-1-2-6(15(16)17)7(10)4(5)3-13-14-8(11)12/h1-3H,(H4,11,12,14). The van der Waals surface area contributed by atoms with Gasteiger partial charge in [-0.05, 0) is 6.07 Å². The minimum atomic E-state index is -0.628. The average Bonchev–Trinajstić information content (AvgIpc) is 2.21. The van der Waals surface area contributed by atoms with Gasteiger partial charge in [0.25, 0.3) is 5.69 Å². The first kappa shape index (κ1) is 13.2. The van der Waals surface area contributed by atoms with Gasteiger partial charge in [-0.2, -0.15) is 5.10 Å². The van der Waals surface area contributed by atoms with E-state index in [1.54, 1.807) is 0 Å². The molecule has 0 bridgehead atoms. The molecule has 0 atom stereocenters. The van der Waals surface area contributed by atoms with Gasteiger partial charge in [0.2, 0.25) is 5.96 Å². The quantitative estimate of drug-likeness (QED) is 0.376. The maximum Gasteiger partial charge on any atom is 0.288 e. The predicted molar refractivity (Wildman–Crippen MR) is 66.5 cm³/mol. The largest absolute Gasteiger partial charge is 0.369 e. The highest BCUT2D eigenvalue weighted by molar-refractivity contribution is 6.40. The molecule has 9 heteroatoms. The molecular weight excluding hydrogens is 269 g/mol. The van der Waals surface area contributed by atoms with Gasteiger partial charge in [0.1, 0.15) is 5.02 Å². The highest BCUT2D eigenvalue weighted by Gasteiger charge is 2.17. The maximum absolute atomic E-state index is 10.6. The summed E-state index contributed by atoms with van der Waals surface area (Å²) in [5.41, 5.74) is 10.00. The van der Waals surface area contributed by atoms with Gasteiger partial charge in [0.15, 0.2) is 0 Å². The second kappa shape index (κ2) is 5.46. The van der Waals surface area contributed by atoms with Gasteiger partial charge < -0.3 is 11.5 Å². The lowest BCUT2D eigenvalue weighted by atomic mass is 10.2. The Morgan fingerprint density at radius 1 is 1.41 bits per heavy atom.